The molecule has 0 radical (unpaired) electrons. The molecule has 1 fully saturated rings. The van der Waals surface area contributed by atoms with E-state index >= 15 is 0 Å². The minimum absolute atomic E-state index is 0.00158. The molecule has 0 spiro atoms. The van der Waals surface area contributed by atoms with E-state index in [1.165, 1.54) is 31.4 Å². The number of hydrogen-bond donors (Lipinski definition) is 0. The molecule has 1 aliphatic rings. The highest BCUT2D eigenvalue weighted by Crippen LogP contribution is 2.23. The molecule has 0 N–H and O–H groups in total. The Balaban J connectivity index is 2.04. The van der Waals surface area contributed by atoms with E-state index in [1.807, 2.05) is 0 Å². The maximum atomic E-state index is 11.5. The molecule has 102 valence electrons. The smallest absolute Gasteiger partial charge is 0.326 e. The zero-order valence-electron chi connectivity index (χ0n) is 10.4. The van der Waals surface area contributed by atoms with Crippen LogP contribution in [0.4, 0.5) is 5.69 Å². The molecule has 0 saturated carbocycles. The number of hydroxylamine groups is 2. The summed E-state index contributed by atoms with van der Waals surface area (Å²) in [4.78, 5) is 27.1. The maximum absolute atomic E-state index is 11.5. The number of benzene rings is 1. The molecular weight excluding hydrogens is 252 g/mol. The molecule has 0 bridgehead atoms. The molecule has 0 unspecified atom stereocenters. The second-order valence-corrected chi connectivity index (χ2v) is 4.16. The number of carbonyl (C=O) groups excluding carboxylic acids is 1. The first kappa shape index (κ1) is 13.3. The van der Waals surface area contributed by atoms with Crippen molar-refractivity contribution >= 4 is 11.7 Å². The third-order valence-electron chi connectivity index (χ3n) is 2.95. The molecule has 19 heavy (non-hydrogen) atoms. The van der Waals surface area contributed by atoms with E-state index in [4.69, 9.17) is 9.57 Å². The zero-order valence-corrected chi connectivity index (χ0v) is 10.4. The summed E-state index contributed by atoms with van der Waals surface area (Å²) in [5, 5.41) is 12.1. The van der Waals surface area contributed by atoms with Crippen molar-refractivity contribution in [3.05, 3.63) is 34.4 Å². The summed E-state index contributed by atoms with van der Waals surface area (Å²) in [6.45, 7) is 0.622. The molecule has 1 aromatic rings. The number of rotatable bonds is 4. The molecule has 2 rings (SSSR count). The highest BCUT2D eigenvalue weighted by atomic mass is 16.7. The predicted octanol–water partition coefficient (Wildman–Crippen LogP) is 1.53. The Labute approximate surface area is 109 Å². The Kier molecular flexibility index (Phi) is 3.96. The van der Waals surface area contributed by atoms with Gasteiger partial charge in [-0.2, -0.15) is 0 Å². The number of nitro benzene ring substituents is 1. The second-order valence-electron chi connectivity index (χ2n) is 4.16. The number of carbonyl (C=O) groups is 1. The minimum atomic E-state index is -0.475. The first-order chi connectivity index (χ1) is 9.11. The Hall–Kier alpha value is -2.15. The van der Waals surface area contributed by atoms with Crippen LogP contribution in [0, 0.1) is 10.1 Å². The van der Waals surface area contributed by atoms with Crippen molar-refractivity contribution in [1.82, 2.24) is 5.06 Å². The van der Waals surface area contributed by atoms with Gasteiger partial charge in [-0.15, -0.1) is 5.06 Å². The zero-order chi connectivity index (χ0) is 13.8. The summed E-state index contributed by atoms with van der Waals surface area (Å²) in [6, 6.07) is 5.31. The molecule has 1 heterocycles. The van der Waals surface area contributed by atoms with Gasteiger partial charge in [-0.1, -0.05) is 0 Å². The van der Waals surface area contributed by atoms with Crippen LogP contribution in [0.5, 0.6) is 5.75 Å². The molecule has 7 heteroatoms. The van der Waals surface area contributed by atoms with Crippen molar-refractivity contribution in [3.63, 3.8) is 0 Å². The standard InChI is InChI=1S/C12H14N2O5/c1-18-12(15)11-3-2-8-13(11)19-10-6-4-9(5-7-10)14(16)17/h4-7,11H,2-3,8H2,1H3/t11-/m0/s1. The number of methoxy groups -OCH3 is 1. The number of nitro groups is 1. The minimum Gasteiger partial charge on any atom is -0.468 e. The third-order valence-corrected chi connectivity index (χ3v) is 2.95. The van der Waals surface area contributed by atoms with Crippen molar-refractivity contribution in [2.24, 2.45) is 0 Å². The van der Waals surface area contributed by atoms with Crippen molar-refractivity contribution in [2.45, 2.75) is 18.9 Å². The van der Waals surface area contributed by atoms with E-state index in [-0.39, 0.29) is 11.7 Å². The second kappa shape index (κ2) is 5.66. The Bertz CT molecular complexity index is 474. The average molecular weight is 266 g/mol. The van der Waals surface area contributed by atoms with Gasteiger partial charge in [-0.25, -0.2) is 0 Å². The predicted molar refractivity (Wildman–Crippen MR) is 65.5 cm³/mol. The molecule has 1 saturated heterocycles. The Morgan fingerprint density at radius 3 is 2.68 bits per heavy atom. The molecule has 1 aromatic carbocycles. The fourth-order valence-electron chi connectivity index (χ4n) is 1.99. The quantitative estimate of drug-likeness (QED) is 0.467. The fraction of sp³-hybridized carbons (Fsp3) is 0.417. The van der Waals surface area contributed by atoms with Crippen LogP contribution < -0.4 is 4.84 Å². The van der Waals surface area contributed by atoms with Crippen molar-refractivity contribution < 1.29 is 19.3 Å². The van der Waals surface area contributed by atoms with Gasteiger partial charge in [0, 0.05) is 18.7 Å². The summed E-state index contributed by atoms with van der Waals surface area (Å²) < 4.78 is 4.70. The van der Waals surface area contributed by atoms with Crippen molar-refractivity contribution in [3.8, 4) is 5.75 Å². The third kappa shape index (κ3) is 3.00. The number of esters is 1. The van der Waals surface area contributed by atoms with E-state index in [9.17, 15) is 14.9 Å². The molecular formula is C12H14N2O5. The molecule has 0 amide bonds. The fourth-order valence-corrected chi connectivity index (χ4v) is 1.99. The van der Waals surface area contributed by atoms with Gasteiger partial charge >= 0.3 is 5.97 Å². The molecule has 7 nitrogen and oxygen atoms in total. The van der Waals surface area contributed by atoms with Gasteiger partial charge in [0.2, 0.25) is 0 Å². The van der Waals surface area contributed by atoms with Gasteiger partial charge in [0.25, 0.3) is 5.69 Å². The van der Waals surface area contributed by atoms with E-state index in [2.05, 4.69) is 0 Å². The Morgan fingerprint density at radius 2 is 2.11 bits per heavy atom. The van der Waals surface area contributed by atoms with Crippen LogP contribution in [0.25, 0.3) is 0 Å². The normalized spacial score (nSPS) is 19.1. The van der Waals surface area contributed by atoms with Gasteiger partial charge in [0.15, 0.2) is 0 Å². The first-order valence-corrected chi connectivity index (χ1v) is 5.88. The lowest BCUT2D eigenvalue weighted by molar-refractivity contribution is -0.384. The highest BCUT2D eigenvalue weighted by Gasteiger charge is 2.33. The van der Waals surface area contributed by atoms with E-state index < -0.39 is 11.0 Å². The maximum Gasteiger partial charge on any atom is 0.326 e. The van der Waals surface area contributed by atoms with Crippen LogP contribution >= 0.6 is 0 Å². The summed E-state index contributed by atoms with van der Waals surface area (Å²) in [5.41, 5.74) is -0.00158. The number of non-ortho nitro benzene ring substituents is 1. The van der Waals surface area contributed by atoms with Crippen molar-refractivity contribution in [1.29, 1.82) is 0 Å². The monoisotopic (exact) mass is 266 g/mol. The van der Waals surface area contributed by atoms with Gasteiger partial charge < -0.3 is 9.57 Å². The number of hydrogen-bond acceptors (Lipinski definition) is 6. The van der Waals surface area contributed by atoms with Gasteiger partial charge in [-0.3, -0.25) is 14.9 Å². The van der Waals surface area contributed by atoms with Crippen LogP contribution in [0.1, 0.15) is 12.8 Å². The van der Waals surface area contributed by atoms with Crippen LogP contribution in [-0.2, 0) is 9.53 Å². The molecule has 0 aliphatic carbocycles. The van der Waals surface area contributed by atoms with E-state index in [0.717, 1.165) is 6.42 Å². The van der Waals surface area contributed by atoms with E-state index in [0.29, 0.717) is 18.7 Å². The van der Waals surface area contributed by atoms with Gasteiger partial charge in [0.05, 0.1) is 12.0 Å². The molecule has 1 atom stereocenters. The SMILES string of the molecule is COC(=O)[C@@H]1CCCN1Oc1ccc([N+](=O)[O-])cc1. The molecule has 0 aromatic heterocycles. The van der Waals surface area contributed by atoms with Crippen LogP contribution in [-0.4, -0.2) is 35.7 Å². The topological polar surface area (TPSA) is 81.9 Å². The Morgan fingerprint density at radius 1 is 1.42 bits per heavy atom. The van der Waals surface area contributed by atoms with Crippen molar-refractivity contribution in [2.75, 3.05) is 13.7 Å². The van der Waals surface area contributed by atoms with Crippen LogP contribution in [0.15, 0.2) is 24.3 Å². The number of nitrogens with zero attached hydrogens (tertiary/aromatic N) is 2. The highest BCUT2D eigenvalue weighted by molar-refractivity contribution is 5.75. The average Bonchev–Trinajstić information content (AvgIpc) is 2.86. The van der Waals surface area contributed by atoms with E-state index in [1.54, 1.807) is 5.06 Å². The summed E-state index contributed by atoms with van der Waals surface area (Å²) in [6.07, 6.45) is 1.52. The van der Waals surface area contributed by atoms with Gasteiger partial charge in [0.1, 0.15) is 11.8 Å². The summed E-state index contributed by atoms with van der Waals surface area (Å²) in [7, 11) is 1.34. The first-order valence-electron chi connectivity index (χ1n) is 5.88. The lowest BCUT2D eigenvalue weighted by Crippen LogP contribution is -2.39. The largest absolute Gasteiger partial charge is 0.468 e. The lowest BCUT2D eigenvalue weighted by atomic mass is 10.2. The summed E-state index contributed by atoms with van der Waals surface area (Å²) in [5.74, 6) is 0.126. The number of ether oxygens (including phenoxy) is 1. The van der Waals surface area contributed by atoms with Crippen LogP contribution in [0.3, 0.4) is 0 Å². The summed E-state index contributed by atoms with van der Waals surface area (Å²) >= 11 is 0. The van der Waals surface area contributed by atoms with Gasteiger partial charge in [-0.05, 0) is 25.0 Å². The molecule has 1 aliphatic heterocycles. The van der Waals surface area contributed by atoms with Crippen LogP contribution in [0.2, 0.25) is 0 Å². The lowest BCUT2D eigenvalue weighted by Gasteiger charge is -2.22.